The van der Waals surface area contributed by atoms with Crippen LogP contribution in [0.1, 0.15) is 36.0 Å². The van der Waals surface area contributed by atoms with Gasteiger partial charge in [-0.1, -0.05) is 30.3 Å². The number of carbonyl (C=O) groups excluding carboxylic acids is 2. The summed E-state index contributed by atoms with van der Waals surface area (Å²) in [6.07, 6.45) is 2.69. The molecule has 1 unspecified atom stereocenters. The lowest BCUT2D eigenvalue weighted by atomic mass is 9.93. The first-order valence-corrected chi connectivity index (χ1v) is 9.37. The molecule has 1 aromatic rings. The highest BCUT2D eigenvalue weighted by molar-refractivity contribution is 8.00. The van der Waals surface area contributed by atoms with E-state index in [1.807, 2.05) is 23.1 Å². The van der Waals surface area contributed by atoms with Crippen LogP contribution < -0.4 is 0 Å². The summed E-state index contributed by atoms with van der Waals surface area (Å²) in [7, 11) is 0. The van der Waals surface area contributed by atoms with Crippen molar-refractivity contribution in [3.63, 3.8) is 0 Å². The summed E-state index contributed by atoms with van der Waals surface area (Å²) >= 11 is 1.34. The first kappa shape index (κ1) is 18.5. The van der Waals surface area contributed by atoms with Gasteiger partial charge in [0.05, 0.1) is 11.5 Å². The molecule has 1 saturated heterocycles. The Kier molecular flexibility index (Phi) is 7.31. The molecular weight excluding hydrogens is 326 g/mol. The maximum Gasteiger partial charge on any atom is 0.303 e. The monoisotopic (exact) mass is 349 g/mol. The predicted molar refractivity (Wildman–Crippen MR) is 94.3 cm³/mol. The van der Waals surface area contributed by atoms with Crippen LogP contribution in [-0.4, -0.2) is 52.3 Å². The molecule has 1 aromatic carbocycles. The summed E-state index contributed by atoms with van der Waals surface area (Å²) < 4.78 is 0. The molecule has 0 bridgehead atoms. The minimum absolute atomic E-state index is 0.0337. The van der Waals surface area contributed by atoms with E-state index >= 15 is 0 Å². The van der Waals surface area contributed by atoms with Gasteiger partial charge in [-0.05, 0) is 25.2 Å². The van der Waals surface area contributed by atoms with Gasteiger partial charge in [-0.25, -0.2) is 0 Å². The summed E-state index contributed by atoms with van der Waals surface area (Å²) in [6, 6.07) is 9.08. The van der Waals surface area contributed by atoms with E-state index in [9.17, 15) is 14.4 Å². The van der Waals surface area contributed by atoms with Crippen LogP contribution in [0.15, 0.2) is 30.3 Å². The molecule has 0 spiro atoms. The van der Waals surface area contributed by atoms with Crippen LogP contribution in [0.3, 0.4) is 0 Å². The number of rotatable bonds is 8. The fourth-order valence-electron chi connectivity index (χ4n) is 2.88. The van der Waals surface area contributed by atoms with E-state index in [4.69, 9.17) is 5.11 Å². The number of likely N-dealkylation sites (tertiary alicyclic amines) is 1. The fourth-order valence-corrected chi connectivity index (χ4v) is 3.70. The van der Waals surface area contributed by atoms with E-state index < -0.39 is 5.97 Å². The Hall–Kier alpha value is -1.82. The largest absolute Gasteiger partial charge is 0.481 e. The van der Waals surface area contributed by atoms with Crippen molar-refractivity contribution in [2.75, 3.05) is 24.6 Å². The number of hydrogen-bond donors (Lipinski definition) is 1. The number of hydrogen-bond acceptors (Lipinski definition) is 4. The van der Waals surface area contributed by atoms with Crippen molar-refractivity contribution in [3.05, 3.63) is 35.9 Å². The third-order valence-electron chi connectivity index (χ3n) is 4.19. The SMILES string of the molecule is O=C(O)CCC1CCCN(C(=O)CSCC(=O)c2ccccc2)C1. The standard InChI is InChI=1S/C18H23NO4S/c20-16(15-6-2-1-3-7-15)12-24-13-17(21)19-10-4-5-14(11-19)8-9-18(22)23/h1-3,6-7,14H,4-5,8-13H2,(H,22,23). The Morgan fingerprint density at radius 2 is 1.92 bits per heavy atom. The summed E-state index contributed by atoms with van der Waals surface area (Å²) in [4.78, 5) is 36.8. The zero-order valence-electron chi connectivity index (χ0n) is 13.6. The predicted octanol–water partition coefficient (Wildman–Crippen LogP) is 2.71. The zero-order valence-corrected chi connectivity index (χ0v) is 14.5. The van der Waals surface area contributed by atoms with Gasteiger partial charge in [0, 0.05) is 25.1 Å². The van der Waals surface area contributed by atoms with Crippen molar-refractivity contribution >= 4 is 29.4 Å². The number of Topliss-reactive ketones (excluding diaryl/α,β-unsaturated/α-hetero) is 1. The molecule has 6 heteroatoms. The molecule has 1 amide bonds. The Labute approximate surface area is 146 Å². The number of thioether (sulfide) groups is 1. The minimum atomic E-state index is -0.784. The van der Waals surface area contributed by atoms with Crippen LogP contribution in [0.2, 0.25) is 0 Å². The van der Waals surface area contributed by atoms with Crippen molar-refractivity contribution in [2.45, 2.75) is 25.7 Å². The Morgan fingerprint density at radius 1 is 1.17 bits per heavy atom. The van der Waals surface area contributed by atoms with Crippen molar-refractivity contribution in [1.82, 2.24) is 4.90 Å². The summed E-state index contributed by atoms with van der Waals surface area (Å²) in [5.41, 5.74) is 0.671. The van der Waals surface area contributed by atoms with Gasteiger partial charge < -0.3 is 10.0 Å². The lowest BCUT2D eigenvalue weighted by Gasteiger charge is -2.32. The van der Waals surface area contributed by atoms with Gasteiger partial charge in [0.25, 0.3) is 0 Å². The first-order chi connectivity index (χ1) is 11.6. The zero-order chi connectivity index (χ0) is 17.4. The smallest absolute Gasteiger partial charge is 0.303 e. The van der Waals surface area contributed by atoms with Gasteiger partial charge in [-0.15, -0.1) is 11.8 Å². The second kappa shape index (κ2) is 9.47. The molecule has 2 rings (SSSR count). The van der Waals surface area contributed by atoms with Crippen LogP contribution in [0.5, 0.6) is 0 Å². The van der Waals surface area contributed by atoms with E-state index in [2.05, 4.69) is 0 Å². The number of aliphatic carboxylic acids is 1. The highest BCUT2D eigenvalue weighted by atomic mass is 32.2. The quantitative estimate of drug-likeness (QED) is 0.731. The summed E-state index contributed by atoms with van der Waals surface area (Å²) in [6.45, 7) is 1.37. The number of benzene rings is 1. The second-order valence-corrected chi connectivity index (χ2v) is 7.05. The van der Waals surface area contributed by atoms with Crippen molar-refractivity contribution in [1.29, 1.82) is 0 Å². The van der Waals surface area contributed by atoms with Gasteiger partial charge in [-0.3, -0.25) is 14.4 Å². The highest BCUT2D eigenvalue weighted by Gasteiger charge is 2.24. The molecule has 1 aliphatic heterocycles. The van der Waals surface area contributed by atoms with Gasteiger partial charge in [0.2, 0.25) is 5.91 Å². The molecule has 1 aliphatic rings. The molecule has 1 heterocycles. The Balaban J connectivity index is 1.72. The second-order valence-electron chi connectivity index (χ2n) is 6.06. The molecule has 0 aliphatic carbocycles. The number of carbonyl (C=O) groups is 3. The Morgan fingerprint density at radius 3 is 2.62 bits per heavy atom. The Bertz CT molecular complexity index is 576. The molecule has 0 radical (unpaired) electrons. The van der Waals surface area contributed by atoms with Gasteiger partial charge >= 0.3 is 5.97 Å². The van der Waals surface area contributed by atoms with E-state index in [0.29, 0.717) is 30.0 Å². The van der Waals surface area contributed by atoms with Crippen molar-refractivity contribution in [2.24, 2.45) is 5.92 Å². The van der Waals surface area contributed by atoms with E-state index in [-0.39, 0.29) is 24.0 Å². The minimum Gasteiger partial charge on any atom is -0.481 e. The maximum absolute atomic E-state index is 12.3. The van der Waals surface area contributed by atoms with Crippen LogP contribution in [0.25, 0.3) is 0 Å². The van der Waals surface area contributed by atoms with Gasteiger partial charge in [-0.2, -0.15) is 0 Å². The van der Waals surface area contributed by atoms with Crippen molar-refractivity contribution < 1.29 is 19.5 Å². The topological polar surface area (TPSA) is 74.7 Å². The number of nitrogens with zero attached hydrogens (tertiary/aromatic N) is 1. The fraction of sp³-hybridized carbons (Fsp3) is 0.500. The number of carboxylic acids is 1. The van der Waals surface area contributed by atoms with E-state index in [0.717, 1.165) is 19.4 Å². The molecule has 1 atom stereocenters. The third kappa shape index (κ3) is 6.00. The molecule has 130 valence electrons. The average molecular weight is 349 g/mol. The van der Waals surface area contributed by atoms with Gasteiger partial charge in [0.15, 0.2) is 5.78 Å². The van der Waals surface area contributed by atoms with Crippen LogP contribution in [-0.2, 0) is 9.59 Å². The molecule has 5 nitrogen and oxygen atoms in total. The molecule has 0 saturated carbocycles. The van der Waals surface area contributed by atoms with E-state index in [1.54, 1.807) is 12.1 Å². The molecule has 1 fully saturated rings. The van der Waals surface area contributed by atoms with Gasteiger partial charge in [0.1, 0.15) is 0 Å². The lowest BCUT2D eigenvalue weighted by Crippen LogP contribution is -2.41. The molecule has 1 N–H and O–H groups in total. The lowest BCUT2D eigenvalue weighted by molar-refractivity contribution is -0.137. The van der Waals surface area contributed by atoms with Crippen LogP contribution in [0.4, 0.5) is 0 Å². The highest BCUT2D eigenvalue weighted by Crippen LogP contribution is 2.21. The maximum atomic E-state index is 12.3. The van der Waals surface area contributed by atoms with Crippen LogP contribution >= 0.6 is 11.8 Å². The van der Waals surface area contributed by atoms with Crippen LogP contribution in [0, 0.1) is 5.92 Å². The number of piperidine rings is 1. The molecular formula is C18H23NO4S. The molecule has 24 heavy (non-hydrogen) atoms. The van der Waals surface area contributed by atoms with E-state index in [1.165, 1.54) is 11.8 Å². The summed E-state index contributed by atoms with van der Waals surface area (Å²) in [5.74, 6) is 0.159. The number of amides is 1. The van der Waals surface area contributed by atoms with Crippen molar-refractivity contribution in [3.8, 4) is 0 Å². The number of ketones is 1. The normalized spacial score (nSPS) is 17.5. The summed E-state index contributed by atoms with van der Waals surface area (Å²) in [5, 5.41) is 8.77. The third-order valence-corrected chi connectivity index (χ3v) is 5.11. The first-order valence-electron chi connectivity index (χ1n) is 8.22. The molecule has 0 aromatic heterocycles. The average Bonchev–Trinajstić information content (AvgIpc) is 2.60. The number of carboxylic acid groups (broad SMARTS) is 1.